The van der Waals surface area contributed by atoms with E-state index in [0.717, 1.165) is 30.4 Å². The number of halogens is 3. The fourth-order valence-corrected chi connectivity index (χ4v) is 4.41. The first-order valence-corrected chi connectivity index (χ1v) is 14.3. The molecule has 3 aromatic carbocycles. The Morgan fingerprint density at radius 3 is 2.41 bits per heavy atom. The van der Waals surface area contributed by atoms with E-state index >= 15 is 0 Å². The van der Waals surface area contributed by atoms with Crippen molar-refractivity contribution in [2.45, 2.75) is 51.8 Å². The summed E-state index contributed by atoms with van der Waals surface area (Å²) in [4.78, 5) is 13.3. The van der Waals surface area contributed by atoms with Gasteiger partial charge in [0.05, 0.1) is 30.5 Å². The van der Waals surface area contributed by atoms with Gasteiger partial charge in [-0.2, -0.15) is 23.5 Å². The normalized spacial score (nSPS) is 11.9. The van der Waals surface area contributed by atoms with Crippen molar-refractivity contribution in [3.05, 3.63) is 101 Å². The van der Waals surface area contributed by atoms with Gasteiger partial charge in [-0.3, -0.25) is 4.79 Å². The van der Waals surface area contributed by atoms with Gasteiger partial charge in [0.2, 0.25) is 0 Å². The molecule has 1 unspecified atom stereocenters. The molecule has 0 bridgehead atoms. The summed E-state index contributed by atoms with van der Waals surface area (Å²) < 4.78 is 53.6. The Morgan fingerprint density at radius 2 is 1.70 bits per heavy atom. The Morgan fingerprint density at radius 1 is 1.00 bits per heavy atom. The van der Waals surface area contributed by atoms with Crippen molar-refractivity contribution in [3.63, 3.8) is 0 Å². The number of benzene rings is 3. The summed E-state index contributed by atoms with van der Waals surface area (Å²) in [6.45, 7) is 5.03. The molecule has 4 rings (SSSR count). The van der Waals surface area contributed by atoms with Gasteiger partial charge in [0.1, 0.15) is 11.8 Å². The minimum atomic E-state index is -4.80. The number of nitrogens with zero attached hydrogens (tertiary/aromatic N) is 3. The molecule has 0 aliphatic rings. The lowest BCUT2D eigenvalue weighted by Crippen LogP contribution is -2.17. The number of ether oxygens (including phenoxy) is 2. The van der Waals surface area contributed by atoms with Crippen LogP contribution in [-0.4, -0.2) is 34.0 Å². The summed E-state index contributed by atoms with van der Waals surface area (Å²) in [5, 5.41) is 26.9. The van der Waals surface area contributed by atoms with Gasteiger partial charge in [-0.05, 0) is 54.8 Å². The lowest BCUT2D eigenvalue weighted by Gasteiger charge is -2.20. The fraction of sp³-hybridized carbons (Fsp3) is 0.303. The third-order valence-corrected chi connectivity index (χ3v) is 6.72. The molecule has 4 aromatic rings. The average molecular weight is 607 g/mol. The molecule has 1 atom stereocenters. The number of rotatable bonds is 13. The van der Waals surface area contributed by atoms with Gasteiger partial charge in [-0.1, -0.05) is 57.0 Å². The molecule has 1 amide bonds. The first-order chi connectivity index (χ1) is 21.2. The van der Waals surface area contributed by atoms with Crippen LogP contribution in [0.5, 0.6) is 11.5 Å². The summed E-state index contributed by atoms with van der Waals surface area (Å²) in [6, 6.07) is 20.0. The Hall–Kier alpha value is -4.82. The molecule has 230 valence electrons. The van der Waals surface area contributed by atoms with E-state index in [4.69, 9.17) is 9.47 Å². The highest BCUT2D eigenvalue weighted by Crippen LogP contribution is 2.38. The lowest BCUT2D eigenvalue weighted by molar-refractivity contribution is -0.141. The number of nitrogens with one attached hydrogen (secondary N) is 1. The Kier molecular flexibility index (Phi) is 10.6. The van der Waals surface area contributed by atoms with E-state index in [2.05, 4.69) is 17.3 Å². The van der Waals surface area contributed by atoms with Gasteiger partial charge < -0.3 is 19.9 Å². The molecule has 0 saturated carbocycles. The topological polar surface area (TPSA) is 109 Å². The summed E-state index contributed by atoms with van der Waals surface area (Å²) in [6.07, 6.45) is -2.41. The average Bonchev–Trinajstić information content (AvgIpc) is 3.49. The number of aromatic nitrogens is 2. The van der Waals surface area contributed by atoms with Gasteiger partial charge in [0.25, 0.3) is 5.91 Å². The number of hydrogen-bond donors (Lipinski definition) is 2. The SMILES string of the molecule is CCCCOc1cccc(C(O)c2cccc(NC(=O)c3cc(C(F)(F)F)nn3-c3cccc(C#N)c3)c2)c1OCCCC. The summed E-state index contributed by atoms with van der Waals surface area (Å²) >= 11 is 0. The van der Waals surface area contributed by atoms with Gasteiger partial charge >= 0.3 is 6.18 Å². The number of carbonyl (C=O) groups excluding carboxylic acids is 1. The van der Waals surface area contributed by atoms with Crippen LogP contribution in [0.3, 0.4) is 0 Å². The molecule has 8 nitrogen and oxygen atoms in total. The number of nitriles is 1. The van der Waals surface area contributed by atoms with Crippen LogP contribution in [0.15, 0.2) is 72.8 Å². The maximum Gasteiger partial charge on any atom is 0.435 e. The first-order valence-electron chi connectivity index (χ1n) is 14.3. The van der Waals surface area contributed by atoms with Gasteiger partial charge in [0.15, 0.2) is 17.2 Å². The standard InChI is InChI=1S/C33H33F3N4O4/c1-3-5-16-43-28-15-9-14-26(31(28)44-17-6-4-2)30(41)23-11-8-12-24(19-23)38-32(42)27-20-29(33(34,35)36)39-40(27)25-13-7-10-22(18-25)21-37/h7-15,18-20,30,41H,3-6,16-17H2,1-2H3,(H,38,42). The van der Waals surface area contributed by atoms with Crippen molar-refractivity contribution in [2.24, 2.45) is 0 Å². The number of carbonyl (C=O) groups is 1. The van der Waals surface area contributed by atoms with Gasteiger partial charge in [0, 0.05) is 17.3 Å². The Bertz CT molecular complexity index is 1630. The highest BCUT2D eigenvalue weighted by atomic mass is 19.4. The predicted octanol–water partition coefficient (Wildman–Crippen LogP) is 7.45. The van der Waals surface area contributed by atoms with Crippen molar-refractivity contribution in [1.82, 2.24) is 9.78 Å². The Balaban J connectivity index is 1.64. The number of alkyl halides is 3. The van der Waals surface area contributed by atoms with E-state index < -0.39 is 23.9 Å². The van der Waals surface area contributed by atoms with Crippen LogP contribution < -0.4 is 14.8 Å². The van der Waals surface area contributed by atoms with E-state index in [1.807, 2.05) is 13.0 Å². The fourth-order valence-electron chi connectivity index (χ4n) is 4.41. The zero-order valence-corrected chi connectivity index (χ0v) is 24.4. The van der Waals surface area contributed by atoms with Crippen LogP contribution in [0.4, 0.5) is 18.9 Å². The molecular formula is C33H33F3N4O4. The van der Waals surface area contributed by atoms with Crippen molar-refractivity contribution in [3.8, 4) is 23.3 Å². The third kappa shape index (κ3) is 7.76. The zero-order chi connectivity index (χ0) is 31.7. The number of aliphatic hydroxyl groups excluding tert-OH is 1. The molecule has 11 heteroatoms. The molecule has 1 aromatic heterocycles. The number of hydrogen-bond acceptors (Lipinski definition) is 6. The van der Waals surface area contributed by atoms with Crippen LogP contribution in [0.1, 0.15) is 78.5 Å². The maximum absolute atomic E-state index is 13.6. The second-order valence-electron chi connectivity index (χ2n) is 10.0. The molecule has 0 aliphatic carbocycles. The van der Waals surface area contributed by atoms with E-state index in [-0.39, 0.29) is 22.6 Å². The third-order valence-electron chi connectivity index (χ3n) is 6.72. The van der Waals surface area contributed by atoms with Crippen LogP contribution >= 0.6 is 0 Å². The first kappa shape index (κ1) is 32.1. The highest BCUT2D eigenvalue weighted by Gasteiger charge is 2.36. The molecule has 0 saturated heterocycles. The van der Waals surface area contributed by atoms with Crippen molar-refractivity contribution in [1.29, 1.82) is 5.26 Å². The van der Waals surface area contributed by atoms with Crippen LogP contribution in [-0.2, 0) is 6.18 Å². The molecule has 0 fully saturated rings. The molecule has 44 heavy (non-hydrogen) atoms. The molecule has 0 aliphatic heterocycles. The number of anilines is 1. The summed E-state index contributed by atoms with van der Waals surface area (Å²) in [5.74, 6) is 0.0869. The molecule has 0 radical (unpaired) electrons. The Labute approximate surface area is 253 Å². The van der Waals surface area contributed by atoms with Gasteiger partial charge in [-0.15, -0.1) is 0 Å². The monoisotopic (exact) mass is 606 g/mol. The second-order valence-corrected chi connectivity index (χ2v) is 10.0. The summed E-state index contributed by atoms with van der Waals surface area (Å²) in [5.41, 5.74) is -0.206. The minimum Gasteiger partial charge on any atom is -0.490 e. The second kappa shape index (κ2) is 14.6. The molecule has 1 heterocycles. The number of amides is 1. The summed E-state index contributed by atoms with van der Waals surface area (Å²) in [7, 11) is 0. The zero-order valence-electron chi connectivity index (χ0n) is 24.4. The van der Waals surface area contributed by atoms with E-state index in [9.17, 15) is 28.3 Å². The molecule has 0 spiro atoms. The van der Waals surface area contributed by atoms with Crippen molar-refractivity contribution >= 4 is 11.6 Å². The minimum absolute atomic E-state index is 0.116. The van der Waals surface area contributed by atoms with Crippen LogP contribution in [0.25, 0.3) is 5.69 Å². The quantitative estimate of drug-likeness (QED) is 0.153. The molecular weight excluding hydrogens is 573 g/mol. The van der Waals surface area contributed by atoms with Crippen LogP contribution in [0.2, 0.25) is 0 Å². The largest absolute Gasteiger partial charge is 0.490 e. The lowest BCUT2D eigenvalue weighted by atomic mass is 9.99. The maximum atomic E-state index is 13.6. The van der Waals surface area contributed by atoms with E-state index in [1.54, 1.807) is 36.4 Å². The van der Waals surface area contributed by atoms with E-state index in [1.165, 1.54) is 30.3 Å². The van der Waals surface area contributed by atoms with E-state index in [0.29, 0.717) is 41.9 Å². The number of unbranched alkanes of at least 4 members (excludes halogenated alkanes) is 2. The predicted molar refractivity (Wildman–Crippen MR) is 159 cm³/mol. The highest BCUT2D eigenvalue weighted by molar-refractivity contribution is 6.03. The molecule has 2 N–H and O–H groups in total. The smallest absolute Gasteiger partial charge is 0.435 e. The van der Waals surface area contributed by atoms with Crippen LogP contribution in [0, 0.1) is 11.3 Å². The van der Waals surface area contributed by atoms with Crippen molar-refractivity contribution in [2.75, 3.05) is 18.5 Å². The number of aliphatic hydroxyl groups is 1. The van der Waals surface area contributed by atoms with Crippen molar-refractivity contribution < 1.29 is 32.5 Å². The van der Waals surface area contributed by atoms with Gasteiger partial charge in [-0.25, -0.2) is 4.68 Å². The number of para-hydroxylation sites is 1.